The number of nitrogens with zero attached hydrogens (tertiary/aromatic N) is 3. The van der Waals surface area contributed by atoms with Crippen LogP contribution in [-0.4, -0.2) is 52.6 Å². The van der Waals surface area contributed by atoms with Crippen molar-refractivity contribution in [1.29, 1.82) is 0 Å². The van der Waals surface area contributed by atoms with Gasteiger partial charge in [-0.05, 0) is 37.0 Å². The van der Waals surface area contributed by atoms with Gasteiger partial charge in [0.15, 0.2) is 11.5 Å². The molecule has 1 unspecified atom stereocenters. The molecule has 4 rings (SSSR count). The van der Waals surface area contributed by atoms with Crippen molar-refractivity contribution < 1.29 is 14.2 Å². The van der Waals surface area contributed by atoms with Crippen molar-refractivity contribution in [2.75, 3.05) is 33.2 Å². The first-order chi connectivity index (χ1) is 14.2. The number of ether oxygens (including phenoxy) is 3. The number of methoxy groups -OCH3 is 2. The monoisotopic (exact) mass is 415 g/mol. The van der Waals surface area contributed by atoms with Crippen LogP contribution >= 0.6 is 11.8 Å². The van der Waals surface area contributed by atoms with E-state index in [2.05, 4.69) is 19.9 Å². The summed E-state index contributed by atoms with van der Waals surface area (Å²) in [7, 11) is 3.36. The number of nitrogens with two attached hydrogens (primary N) is 1. The third kappa shape index (κ3) is 4.40. The van der Waals surface area contributed by atoms with Crippen LogP contribution in [0.25, 0.3) is 11.2 Å². The van der Waals surface area contributed by atoms with Gasteiger partial charge in [0.1, 0.15) is 29.2 Å². The third-order valence-corrected chi connectivity index (χ3v) is 6.63. The number of nitrogens with one attached hydrogen (secondary N) is 1. The van der Waals surface area contributed by atoms with E-state index < -0.39 is 0 Å². The first-order valence-corrected chi connectivity index (χ1v) is 10.5. The molecule has 29 heavy (non-hydrogen) atoms. The number of nitrogen functional groups attached to an aromatic ring is 1. The van der Waals surface area contributed by atoms with Gasteiger partial charge in [-0.1, -0.05) is 0 Å². The van der Waals surface area contributed by atoms with Gasteiger partial charge in [-0.25, -0.2) is 15.0 Å². The number of aromatic amines is 1. The molecule has 1 saturated heterocycles. The van der Waals surface area contributed by atoms with E-state index in [1.165, 1.54) is 6.33 Å². The lowest BCUT2D eigenvalue weighted by Crippen LogP contribution is -2.27. The van der Waals surface area contributed by atoms with Gasteiger partial charge in [0.05, 0.1) is 19.1 Å². The number of fused-ring (bicyclic) bond motifs is 1. The fourth-order valence-electron chi connectivity index (χ4n) is 3.61. The van der Waals surface area contributed by atoms with Crippen LogP contribution in [0.3, 0.4) is 0 Å². The number of imidazole rings is 1. The molecule has 0 amide bonds. The Kier molecular flexibility index (Phi) is 6.05. The van der Waals surface area contributed by atoms with Gasteiger partial charge in [0.2, 0.25) is 0 Å². The maximum absolute atomic E-state index is 5.96. The summed E-state index contributed by atoms with van der Waals surface area (Å²) in [5, 5.41) is 0.287. The predicted molar refractivity (Wildman–Crippen MR) is 113 cm³/mol. The standard InChI is InChI=1S/C20H25N5O3S/c1-26-13-3-4-14(27-2)16(9-13)29-15(12-5-7-28-8-6-12)10-17-24-18-19(21)22-11-23-20(18)25-17/h3-4,9,11-12,15H,5-8,10H2,1-2H3,(H3,21,22,23,24,25). The van der Waals surface area contributed by atoms with Crippen molar-refractivity contribution in [3.8, 4) is 11.5 Å². The molecule has 0 bridgehead atoms. The first-order valence-electron chi connectivity index (χ1n) is 9.59. The lowest BCUT2D eigenvalue weighted by atomic mass is 9.94. The number of anilines is 1. The third-order valence-electron chi connectivity index (χ3n) is 5.20. The molecule has 1 aliphatic rings. The fourth-order valence-corrected chi connectivity index (χ4v) is 5.10. The zero-order chi connectivity index (χ0) is 20.2. The summed E-state index contributed by atoms with van der Waals surface area (Å²) < 4.78 is 16.6. The Bertz CT molecular complexity index is 974. The highest BCUT2D eigenvalue weighted by atomic mass is 32.2. The first kappa shape index (κ1) is 19.8. The van der Waals surface area contributed by atoms with Gasteiger partial charge in [0.25, 0.3) is 0 Å². The van der Waals surface area contributed by atoms with Crippen LogP contribution in [0, 0.1) is 5.92 Å². The Labute approximate surface area is 173 Å². The molecule has 2 aromatic heterocycles. The van der Waals surface area contributed by atoms with Gasteiger partial charge in [0, 0.05) is 24.9 Å². The number of H-pyrrole nitrogens is 1. The number of hydrogen-bond donors (Lipinski definition) is 2. The molecule has 9 heteroatoms. The number of thioether (sulfide) groups is 1. The number of benzene rings is 1. The van der Waals surface area contributed by atoms with Crippen molar-refractivity contribution in [1.82, 2.24) is 19.9 Å². The fraction of sp³-hybridized carbons (Fsp3) is 0.450. The number of aromatic nitrogens is 4. The van der Waals surface area contributed by atoms with Gasteiger partial charge in [-0.2, -0.15) is 0 Å². The highest BCUT2D eigenvalue weighted by molar-refractivity contribution is 8.00. The van der Waals surface area contributed by atoms with Crippen molar-refractivity contribution in [3.05, 3.63) is 30.4 Å². The van der Waals surface area contributed by atoms with Crippen LogP contribution in [0.2, 0.25) is 0 Å². The second kappa shape index (κ2) is 8.87. The Balaban J connectivity index is 1.63. The quantitative estimate of drug-likeness (QED) is 0.567. The maximum Gasteiger partial charge on any atom is 0.183 e. The molecule has 1 atom stereocenters. The van der Waals surface area contributed by atoms with Crippen LogP contribution < -0.4 is 15.2 Å². The summed E-state index contributed by atoms with van der Waals surface area (Å²) in [5.41, 5.74) is 7.25. The molecule has 3 aromatic rings. The van der Waals surface area contributed by atoms with Crippen molar-refractivity contribution in [3.63, 3.8) is 0 Å². The zero-order valence-electron chi connectivity index (χ0n) is 16.6. The minimum absolute atomic E-state index is 0.287. The summed E-state index contributed by atoms with van der Waals surface area (Å²) in [5.74, 6) is 3.43. The smallest absolute Gasteiger partial charge is 0.183 e. The molecule has 0 saturated carbocycles. The SMILES string of the molecule is COc1ccc(OC)c(SC(Cc2nc3ncnc(N)c3[nH]2)C2CCOCC2)c1. The summed E-state index contributed by atoms with van der Waals surface area (Å²) in [6.07, 6.45) is 4.23. The Morgan fingerprint density at radius 3 is 2.79 bits per heavy atom. The van der Waals surface area contributed by atoms with Crippen LogP contribution in [0.15, 0.2) is 29.4 Å². The van der Waals surface area contributed by atoms with Crippen LogP contribution in [0.5, 0.6) is 11.5 Å². The van der Waals surface area contributed by atoms with E-state index in [0.29, 0.717) is 22.9 Å². The van der Waals surface area contributed by atoms with E-state index in [4.69, 9.17) is 19.9 Å². The summed E-state index contributed by atoms with van der Waals surface area (Å²) in [4.78, 5) is 17.3. The van der Waals surface area contributed by atoms with E-state index in [1.54, 1.807) is 26.0 Å². The predicted octanol–water partition coefficient (Wildman–Crippen LogP) is 3.08. The molecular formula is C20H25N5O3S. The second-order valence-electron chi connectivity index (χ2n) is 6.97. The van der Waals surface area contributed by atoms with E-state index >= 15 is 0 Å². The Hall–Kier alpha value is -2.52. The van der Waals surface area contributed by atoms with E-state index in [-0.39, 0.29) is 5.25 Å². The van der Waals surface area contributed by atoms with Crippen LogP contribution in [-0.2, 0) is 11.2 Å². The highest BCUT2D eigenvalue weighted by Gasteiger charge is 2.28. The van der Waals surface area contributed by atoms with Crippen molar-refractivity contribution in [2.24, 2.45) is 5.92 Å². The van der Waals surface area contributed by atoms with Gasteiger partial charge >= 0.3 is 0 Å². The van der Waals surface area contributed by atoms with Crippen LogP contribution in [0.4, 0.5) is 5.82 Å². The molecular weight excluding hydrogens is 390 g/mol. The van der Waals surface area contributed by atoms with Gasteiger partial charge < -0.3 is 24.9 Å². The average molecular weight is 416 g/mol. The lowest BCUT2D eigenvalue weighted by molar-refractivity contribution is 0.0656. The molecule has 8 nitrogen and oxygen atoms in total. The summed E-state index contributed by atoms with van der Waals surface area (Å²) >= 11 is 1.80. The van der Waals surface area contributed by atoms with Gasteiger partial charge in [-0.3, -0.25) is 0 Å². The van der Waals surface area contributed by atoms with Crippen LogP contribution in [0.1, 0.15) is 18.7 Å². The molecule has 154 valence electrons. The summed E-state index contributed by atoms with van der Waals surface area (Å²) in [6.45, 7) is 1.57. The van der Waals surface area contributed by atoms with Crippen molar-refractivity contribution in [2.45, 2.75) is 29.4 Å². The van der Waals surface area contributed by atoms with E-state index in [0.717, 1.165) is 54.7 Å². The summed E-state index contributed by atoms with van der Waals surface area (Å²) in [6, 6.07) is 5.88. The number of rotatable bonds is 7. The Morgan fingerprint density at radius 1 is 1.24 bits per heavy atom. The zero-order valence-corrected chi connectivity index (χ0v) is 17.4. The Morgan fingerprint density at radius 2 is 2.07 bits per heavy atom. The normalized spacial score (nSPS) is 16.1. The molecule has 1 fully saturated rings. The molecule has 0 spiro atoms. The molecule has 0 radical (unpaired) electrons. The molecule has 1 aliphatic heterocycles. The molecule has 3 N–H and O–H groups in total. The molecule has 0 aliphatic carbocycles. The minimum atomic E-state index is 0.287. The van der Waals surface area contributed by atoms with E-state index in [9.17, 15) is 0 Å². The maximum atomic E-state index is 5.96. The molecule has 3 heterocycles. The van der Waals surface area contributed by atoms with E-state index in [1.807, 2.05) is 18.2 Å². The lowest BCUT2D eigenvalue weighted by Gasteiger charge is -2.30. The average Bonchev–Trinajstić information content (AvgIpc) is 3.18. The largest absolute Gasteiger partial charge is 0.497 e. The second-order valence-corrected chi connectivity index (χ2v) is 8.25. The van der Waals surface area contributed by atoms with Gasteiger partial charge in [-0.15, -0.1) is 11.8 Å². The topological polar surface area (TPSA) is 108 Å². The highest BCUT2D eigenvalue weighted by Crippen LogP contribution is 2.40. The van der Waals surface area contributed by atoms with Crippen molar-refractivity contribution >= 4 is 28.7 Å². The number of hydrogen-bond acceptors (Lipinski definition) is 8. The molecule has 1 aromatic carbocycles. The minimum Gasteiger partial charge on any atom is -0.497 e.